The summed E-state index contributed by atoms with van der Waals surface area (Å²) in [6, 6.07) is 3.27. The van der Waals surface area contributed by atoms with Crippen LogP contribution in [0, 0.1) is 0 Å². The van der Waals surface area contributed by atoms with Gasteiger partial charge in [0, 0.05) is 31.1 Å². The first-order chi connectivity index (χ1) is 12.7. The average Bonchev–Trinajstić information content (AvgIpc) is 3.40. The summed E-state index contributed by atoms with van der Waals surface area (Å²) in [5.41, 5.74) is 1.83. The molecule has 0 spiro atoms. The lowest BCUT2D eigenvalue weighted by molar-refractivity contribution is 0.233. The summed E-state index contributed by atoms with van der Waals surface area (Å²) in [5, 5.41) is 9.75. The Bertz CT molecular complexity index is 896. The van der Waals surface area contributed by atoms with Gasteiger partial charge in [0.1, 0.15) is 11.7 Å². The smallest absolute Gasteiger partial charge is 0.315 e. The summed E-state index contributed by atoms with van der Waals surface area (Å²) in [7, 11) is 0. The van der Waals surface area contributed by atoms with Crippen LogP contribution < -0.4 is 10.6 Å². The zero-order chi connectivity index (χ0) is 17.9. The molecule has 8 nitrogen and oxygen atoms in total. The van der Waals surface area contributed by atoms with Crippen molar-refractivity contribution in [3.8, 4) is 0 Å². The van der Waals surface area contributed by atoms with Gasteiger partial charge in [-0.05, 0) is 37.5 Å². The van der Waals surface area contributed by atoms with E-state index in [0.29, 0.717) is 18.4 Å². The number of nitrogens with zero attached hydrogens (tertiary/aromatic N) is 4. The molecule has 0 aromatic carbocycles. The first-order valence-corrected chi connectivity index (χ1v) is 8.98. The molecule has 2 N–H and O–H groups in total. The van der Waals surface area contributed by atoms with E-state index in [2.05, 4.69) is 25.8 Å². The Kier molecular flexibility index (Phi) is 4.55. The van der Waals surface area contributed by atoms with E-state index in [1.165, 1.54) is 12.8 Å². The fourth-order valence-corrected chi connectivity index (χ4v) is 3.33. The summed E-state index contributed by atoms with van der Waals surface area (Å²) >= 11 is 0. The fraction of sp³-hybridized carbons (Fsp3) is 0.444. The topological polar surface area (TPSA) is 97.4 Å². The van der Waals surface area contributed by atoms with E-state index in [-0.39, 0.29) is 12.1 Å². The van der Waals surface area contributed by atoms with Gasteiger partial charge in [-0.2, -0.15) is 4.98 Å². The predicted molar refractivity (Wildman–Crippen MR) is 94.5 cm³/mol. The molecule has 3 heterocycles. The minimum Gasteiger partial charge on any atom is -0.337 e. The van der Waals surface area contributed by atoms with E-state index in [9.17, 15) is 4.79 Å². The van der Waals surface area contributed by atoms with Gasteiger partial charge >= 0.3 is 6.03 Å². The van der Waals surface area contributed by atoms with Gasteiger partial charge in [0.15, 0.2) is 5.82 Å². The molecule has 0 saturated heterocycles. The van der Waals surface area contributed by atoms with Crippen LogP contribution in [0.5, 0.6) is 0 Å². The molecule has 1 fully saturated rings. The van der Waals surface area contributed by atoms with Crippen molar-refractivity contribution in [1.29, 1.82) is 0 Å². The maximum absolute atomic E-state index is 12.1. The number of urea groups is 1. The Morgan fingerprint density at radius 1 is 1.38 bits per heavy atom. The Morgan fingerprint density at radius 3 is 3.08 bits per heavy atom. The molecule has 26 heavy (non-hydrogen) atoms. The highest BCUT2D eigenvalue weighted by Gasteiger charge is 2.24. The van der Waals surface area contributed by atoms with Crippen molar-refractivity contribution in [2.45, 2.75) is 51.1 Å². The van der Waals surface area contributed by atoms with Gasteiger partial charge in [0.25, 0.3) is 0 Å². The third-order valence-corrected chi connectivity index (χ3v) is 4.81. The van der Waals surface area contributed by atoms with Gasteiger partial charge < -0.3 is 19.6 Å². The normalized spacial score (nSPS) is 16.0. The first kappa shape index (κ1) is 16.6. The van der Waals surface area contributed by atoms with Gasteiger partial charge in [0.05, 0.1) is 0 Å². The van der Waals surface area contributed by atoms with E-state index < -0.39 is 0 Å². The summed E-state index contributed by atoms with van der Waals surface area (Å²) < 4.78 is 7.25. The molecule has 0 radical (unpaired) electrons. The van der Waals surface area contributed by atoms with Gasteiger partial charge in [0.2, 0.25) is 5.89 Å². The summed E-state index contributed by atoms with van der Waals surface area (Å²) in [6.07, 6.45) is 10.2. The first-order valence-electron chi connectivity index (χ1n) is 8.98. The molecule has 2 amide bonds. The summed E-state index contributed by atoms with van der Waals surface area (Å²) in [4.78, 5) is 20.8. The number of pyridine rings is 1. The van der Waals surface area contributed by atoms with Crippen LogP contribution in [-0.4, -0.2) is 25.6 Å². The highest BCUT2D eigenvalue weighted by Crippen LogP contribution is 2.32. The van der Waals surface area contributed by atoms with Crippen LogP contribution in [0.15, 0.2) is 35.2 Å². The van der Waals surface area contributed by atoms with Crippen LogP contribution in [0.2, 0.25) is 0 Å². The molecule has 4 rings (SSSR count). The Labute approximate surface area is 151 Å². The van der Waals surface area contributed by atoms with E-state index >= 15 is 0 Å². The number of rotatable bonds is 5. The number of fused-ring (bicyclic) bond motifs is 1. The van der Waals surface area contributed by atoms with Crippen molar-refractivity contribution in [2.75, 3.05) is 0 Å². The third kappa shape index (κ3) is 3.54. The van der Waals surface area contributed by atoms with Gasteiger partial charge in [-0.1, -0.05) is 18.0 Å². The zero-order valence-electron chi connectivity index (χ0n) is 14.7. The van der Waals surface area contributed by atoms with Gasteiger partial charge in [-0.25, -0.2) is 9.78 Å². The van der Waals surface area contributed by atoms with Crippen molar-refractivity contribution in [3.63, 3.8) is 0 Å². The van der Waals surface area contributed by atoms with Gasteiger partial charge in [-0.15, -0.1) is 0 Å². The number of hydrogen-bond acceptors (Lipinski definition) is 5. The largest absolute Gasteiger partial charge is 0.337 e. The predicted octanol–water partition coefficient (Wildman–Crippen LogP) is 2.94. The maximum atomic E-state index is 12.1. The lowest BCUT2D eigenvalue weighted by Gasteiger charge is -2.11. The molecule has 0 aliphatic heterocycles. The molecule has 3 aromatic rings. The molecule has 1 aliphatic carbocycles. The Morgan fingerprint density at radius 2 is 2.23 bits per heavy atom. The Hall–Kier alpha value is -2.90. The minimum atomic E-state index is -0.340. The third-order valence-electron chi connectivity index (χ3n) is 4.81. The van der Waals surface area contributed by atoms with Gasteiger partial charge in [-0.3, -0.25) is 0 Å². The number of hydrogen-bond donors (Lipinski definition) is 2. The summed E-state index contributed by atoms with van der Waals surface area (Å²) in [6.45, 7) is 2.25. The molecule has 3 aromatic heterocycles. The van der Waals surface area contributed by atoms with E-state index in [4.69, 9.17) is 4.52 Å². The number of carbonyl (C=O) groups is 1. The van der Waals surface area contributed by atoms with E-state index in [0.717, 1.165) is 29.9 Å². The van der Waals surface area contributed by atoms with Crippen LogP contribution in [0.25, 0.3) is 5.65 Å². The van der Waals surface area contributed by atoms with Crippen molar-refractivity contribution in [2.24, 2.45) is 0 Å². The van der Waals surface area contributed by atoms with E-state index in [1.54, 1.807) is 6.20 Å². The number of aromatic nitrogens is 4. The Balaban J connectivity index is 1.31. The highest BCUT2D eigenvalue weighted by atomic mass is 16.5. The monoisotopic (exact) mass is 354 g/mol. The van der Waals surface area contributed by atoms with Crippen molar-refractivity contribution in [1.82, 2.24) is 30.2 Å². The lowest BCUT2D eigenvalue weighted by Crippen LogP contribution is -2.36. The quantitative estimate of drug-likeness (QED) is 0.734. The number of nitrogens with one attached hydrogen (secondary N) is 2. The second-order valence-electron chi connectivity index (χ2n) is 6.75. The minimum absolute atomic E-state index is 0.277. The number of imidazole rings is 1. The molecule has 1 saturated carbocycles. The molecule has 1 aliphatic rings. The van der Waals surface area contributed by atoms with Crippen molar-refractivity contribution in [3.05, 3.63) is 48.0 Å². The summed E-state index contributed by atoms with van der Waals surface area (Å²) in [5.74, 6) is 1.60. The molecule has 1 unspecified atom stereocenters. The van der Waals surface area contributed by atoms with Crippen LogP contribution in [0.1, 0.15) is 61.8 Å². The lowest BCUT2D eigenvalue weighted by atomic mass is 10.1. The second kappa shape index (κ2) is 7.15. The van der Waals surface area contributed by atoms with Crippen LogP contribution >= 0.6 is 0 Å². The van der Waals surface area contributed by atoms with Crippen molar-refractivity contribution < 1.29 is 9.32 Å². The van der Waals surface area contributed by atoms with Crippen molar-refractivity contribution >= 4 is 11.7 Å². The average molecular weight is 354 g/mol. The molecule has 0 bridgehead atoms. The second-order valence-corrected chi connectivity index (χ2v) is 6.75. The molecular weight excluding hydrogens is 332 g/mol. The molecule has 136 valence electrons. The standard InChI is InChI=1S/C18H22N6O2/c1-12(17-22-16(23-26-17)14-4-2-3-5-14)21-18(25)20-11-13-6-8-24-9-7-19-15(24)10-13/h6-10,12,14H,2-5,11H2,1H3,(H2,20,21,25). The maximum Gasteiger partial charge on any atom is 0.315 e. The van der Waals surface area contributed by atoms with Crippen LogP contribution in [0.4, 0.5) is 4.79 Å². The van der Waals surface area contributed by atoms with Crippen LogP contribution in [-0.2, 0) is 6.54 Å². The number of carbonyl (C=O) groups excluding carboxylic acids is 1. The SMILES string of the molecule is CC(NC(=O)NCc1ccn2ccnc2c1)c1nc(C2CCCC2)no1. The number of amides is 2. The molecular formula is C18H22N6O2. The van der Waals surface area contributed by atoms with E-state index in [1.807, 2.05) is 35.9 Å². The fourth-order valence-electron chi connectivity index (χ4n) is 3.33. The zero-order valence-corrected chi connectivity index (χ0v) is 14.7. The van der Waals surface area contributed by atoms with Crippen LogP contribution in [0.3, 0.4) is 0 Å². The molecule has 1 atom stereocenters. The highest BCUT2D eigenvalue weighted by molar-refractivity contribution is 5.74. The molecule has 8 heteroatoms.